The summed E-state index contributed by atoms with van der Waals surface area (Å²) in [4.78, 5) is 20.4. The van der Waals surface area contributed by atoms with Gasteiger partial charge in [-0.15, -0.1) is 0 Å². The minimum atomic E-state index is -0.694. The molecule has 1 aromatic carbocycles. The van der Waals surface area contributed by atoms with Crippen LogP contribution in [0, 0.1) is 12.7 Å². The molecule has 0 amide bonds. The van der Waals surface area contributed by atoms with Gasteiger partial charge in [-0.1, -0.05) is 5.16 Å². The zero-order chi connectivity index (χ0) is 18.1. The van der Waals surface area contributed by atoms with Crippen molar-refractivity contribution in [2.45, 2.75) is 13.5 Å². The molecule has 3 aromatic heterocycles. The Labute approximate surface area is 146 Å². The lowest BCUT2D eigenvalue weighted by molar-refractivity contribution is 0.0395. The Morgan fingerprint density at radius 1 is 1.31 bits per heavy atom. The fourth-order valence-corrected chi connectivity index (χ4v) is 2.51. The van der Waals surface area contributed by atoms with Crippen molar-refractivity contribution in [3.05, 3.63) is 65.8 Å². The number of nitrogens with zero attached hydrogens (tertiary/aromatic N) is 3. The van der Waals surface area contributed by atoms with Crippen LogP contribution in [-0.4, -0.2) is 21.1 Å². The van der Waals surface area contributed by atoms with Crippen LogP contribution in [0.15, 0.2) is 51.7 Å². The predicted molar refractivity (Wildman–Crippen MR) is 87.6 cm³/mol. The summed E-state index contributed by atoms with van der Waals surface area (Å²) in [6.07, 6.45) is 3.23. The van der Waals surface area contributed by atoms with E-state index >= 15 is 0 Å². The van der Waals surface area contributed by atoms with Crippen molar-refractivity contribution in [3.63, 3.8) is 0 Å². The molecule has 0 fully saturated rings. The van der Waals surface area contributed by atoms with E-state index in [0.29, 0.717) is 27.9 Å². The molecule has 0 atom stereocenters. The Hall–Kier alpha value is -3.55. The minimum absolute atomic E-state index is 0.0117. The van der Waals surface area contributed by atoms with Gasteiger partial charge in [-0.05, 0) is 37.3 Å². The number of halogens is 1. The summed E-state index contributed by atoms with van der Waals surface area (Å²) in [5, 5.41) is 4.34. The van der Waals surface area contributed by atoms with Gasteiger partial charge in [-0.2, -0.15) is 4.98 Å². The number of fused-ring (bicyclic) bond motifs is 1. The third-order valence-electron chi connectivity index (χ3n) is 3.80. The first-order valence-corrected chi connectivity index (χ1v) is 7.70. The van der Waals surface area contributed by atoms with Crippen LogP contribution in [0.5, 0.6) is 0 Å². The van der Waals surface area contributed by atoms with Crippen molar-refractivity contribution in [2.24, 2.45) is 0 Å². The maximum absolute atomic E-state index is 13.3. The van der Waals surface area contributed by atoms with Crippen LogP contribution in [0.3, 0.4) is 0 Å². The van der Waals surface area contributed by atoms with Gasteiger partial charge >= 0.3 is 5.97 Å². The largest absolute Gasteiger partial charge is 0.450 e. The molecule has 0 aliphatic heterocycles. The van der Waals surface area contributed by atoms with E-state index in [1.165, 1.54) is 18.2 Å². The first-order valence-electron chi connectivity index (χ1n) is 7.70. The van der Waals surface area contributed by atoms with Gasteiger partial charge < -0.3 is 13.7 Å². The molecule has 0 bridgehead atoms. The van der Waals surface area contributed by atoms with E-state index in [9.17, 15) is 9.18 Å². The predicted octanol–water partition coefficient (Wildman–Crippen LogP) is 3.68. The lowest BCUT2D eigenvalue weighted by Gasteiger charge is -1.99. The minimum Gasteiger partial charge on any atom is -0.450 e. The van der Waals surface area contributed by atoms with Gasteiger partial charge in [0.05, 0.1) is 0 Å². The van der Waals surface area contributed by atoms with Crippen molar-refractivity contribution >= 4 is 16.9 Å². The Morgan fingerprint density at radius 2 is 2.19 bits per heavy atom. The normalized spacial score (nSPS) is 11.0. The highest BCUT2D eigenvalue weighted by atomic mass is 19.1. The van der Waals surface area contributed by atoms with Gasteiger partial charge in [0.1, 0.15) is 11.4 Å². The molecule has 4 aromatic rings. The monoisotopic (exact) mass is 353 g/mol. The second kappa shape index (κ2) is 6.40. The quantitative estimate of drug-likeness (QED) is 0.517. The van der Waals surface area contributed by atoms with Crippen molar-refractivity contribution in [2.75, 3.05) is 0 Å². The number of aryl methyl sites for hydroxylation is 1. The van der Waals surface area contributed by atoms with Crippen LogP contribution in [0.2, 0.25) is 0 Å². The number of rotatable bonds is 4. The van der Waals surface area contributed by atoms with Gasteiger partial charge in [0.25, 0.3) is 5.89 Å². The van der Waals surface area contributed by atoms with E-state index < -0.39 is 11.8 Å². The number of carbonyl (C=O) groups excluding carboxylic acids is 1. The molecule has 0 aliphatic carbocycles. The van der Waals surface area contributed by atoms with Crippen LogP contribution >= 0.6 is 0 Å². The third-order valence-corrected chi connectivity index (χ3v) is 3.80. The molecule has 0 saturated heterocycles. The van der Waals surface area contributed by atoms with Crippen LogP contribution in [0.4, 0.5) is 4.39 Å². The summed E-state index contributed by atoms with van der Waals surface area (Å²) in [6.45, 7) is 1.45. The second-order valence-corrected chi connectivity index (χ2v) is 5.53. The number of benzene rings is 1. The highest BCUT2D eigenvalue weighted by Crippen LogP contribution is 2.26. The molecule has 26 heavy (non-hydrogen) atoms. The zero-order valence-electron chi connectivity index (χ0n) is 13.6. The fourth-order valence-electron chi connectivity index (χ4n) is 2.51. The number of esters is 1. The van der Waals surface area contributed by atoms with Crippen molar-refractivity contribution in [1.82, 2.24) is 15.1 Å². The molecule has 3 heterocycles. The van der Waals surface area contributed by atoms with Crippen LogP contribution in [0.25, 0.3) is 22.4 Å². The summed E-state index contributed by atoms with van der Waals surface area (Å²) < 4.78 is 29.0. The van der Waals surface area contributed by atoms with Crippen molar-refractivity contribution in [3.8, 4) is 11.4 Å². The highest BCUT2D eigenvalue weighted by molar-refractivity contribution is 5.95. The van der Waals surface area contributed by atoms with Crippen molar-refractivity contribution in [1.29, 1.82) is 0 Å². The lowest BCUT2D eigenvalue weighted by Crippen LogP contribution is -2.05. The topological polar surface area (TPSA) is 91.2 Å². The zero-order valence-corrected chi connectivity index (χ0v) is 13.6. The molecule has 0 spiro atoms. The average Bonchev–Trinajstić information content (AvgIpc) is 3.26. The maximum Gasteiger partial charge on any atom is 0.375 e. The highest BCUT2D eigenvalue weighted by Gasteiger charge is 2.20. The number of pyridine rings is 1. The molecule has 7 nitrogen and oxygen atoms in total. The maximum atomic E-state index is 13.3. The second-order valence-electron chi connectivity index (χ2n) is 5.53. The summed E-state index contributed by atoms with van der Waals surface area (Å²) in [5.41, 5.74) is 1.60. The molecule has 0 N–H and O–H groups in total. The van der Waals surface area contributed by atoms with E-state index in [1.54, 1.807) is 31.5 Å². The number of hydrogen-bond acceptors (Lipinski definition) is 7. The van der Waals surface area contributed by atoms with Crippen LogP contribution in [-0.2, 0) is 11.3 Å². The molecule has 0 aliphatic rings. The number of carbonyl (C=O) groups is 1. The molecular weight excluding hydrogens is 341 g/mol. The van der Waals surface area contributed by atoms with Crippen LogP contribution < -0.4 is 0 Å². The summed E-state index contributed by atoms with van der Waals surface area (Å²) >= 11 is 0. The number of hydrogen-bond donors (Lipinski definition) is 0. The molecule has 0 radical (unpaired) electrons. The Bertz CT molecular complexity index is 1090. The average molecular weight is 353 g/mol. The molecule has 4 rings (SSSR count). The first-order chi connectivity index (χ1) is 12.6. The SMILES string of the molecule is Cc1c(C(=O)OCc2nc(-c3cccnc3)no2)oc2ccc(F)cc12. The standard InChI is InChI=1S/C18H12FN3O4/c1-10-13-7-12(19)4-5-14(13)25-16(10)18(23)24-9-15-21-17(22-26-15)11-3-2-6-20-8-11/h2-8H,9H2,1H3. The summed E-state index contributed by atoms with van der Waals surface area (Å²) in [5.74, 6) is -0.607. The van der Waals surface area contributed by atoms with Gasteiger partial charge in [0.15, 0.2) is 6.61 Å². The molecular formula is C18H12FN3O4. The Kier molecular flexibility index (Phi) is 3.92. The van der Waals surface area contributed by atoms with Gasteiger partial charge in [0.2, 0.25) is 11.6 Å². The molecule has 0 saturated carbocycles. The van der Waals surface area contributed by atoms with Gasteiger partial charge in [-0.3, -0.25) is 4.98 Å². The van der Waals surface area contributed by atoms with E-state index in [4.69, 9.17) is 13.7 Å². The van der Waals surface area contributed by atoms with Gasteiger partial charge in [-0.25, -0.2) is 9.18 Å². The Morgan fingerprint density at radius 3 is 3.00 bits per heavy atom. The summed E-state index contributed by atoms with van der Waals surface area (Å²) in [7, 11) is 0. The Balaban J connectivity index is 1.49. The molecule has 8 heteroatoms. The van der Waals surface area contributed by atoms with Crippen LogP contribution in [0.1, 0.15) is 22.0 Å². The fraction of sp³-hybridized carbons (Fsp3) is 0.111. The number of aromatic nitrogens is 3. The van der Waals surface area contributed by atoms with E-state index in [2.05, 4.69) is 15.1 Å². The van der Waals surface area contributed by atoms with E-state index in [-0.39, 0.29) is 18.3 Å². The third kappa shape index (κ3) is 2.92. The van der Waals surface area contributed by atoms with E-state index in [0.717, 1.165) is 0 Å². The van der Waals surface area contributed by atoms with Gasteiger partial charge in [0, 0.05) is 28.9 Å². The smallest absolute Gasteiger partial charge is 0.375 e. The number of ether oxygens (including phenoxy) is 1. The number of furan rings is 1. The summed E-state index contributed by atoms with van der Waals surface area (Å²) in [6, 6.07) is 7.57. The molecule has 130 valence electrons. The molecule has 0 unspecified atom stereocenters. The van der Waals surface area contributed by atoms with E-state index in [1.807, 2.05) is 0 Å². The first kappa shape index (κ1) is 15.9. The lowest BCUT2D eigenvalue weighted by atomic mass is 10.1. The van der Waals surface area contributed by atoms with Crippen molar-refractivity contribution < 1.29 is 22.9 Å².